The second-order valence-corrected chi connectivity index (χ2v) is 7.63. The average Bonchev–Trinajstić information content (AvgIpc) is 2.79. The van der Waals surface area contributed by atoms with E-state index in [-0.39, 0.29) is 17.9 Å². The van der Waals surface area contributed by atoms with Gasteiger partial charge in [-0.2, -0.15) is 8.78 Å². The molecule has 0 bridgehead atoms. The largest absolute Gasteiger partial charge is 0.491 e. The molecule has 0 amide bonds. The van der Waals surface area contributed by atoms with Crippen molar-refractivity contribution in [1.29, 1.82) is 0 Å². The van der Waals surface area contributed by atoms with Crippen LogP contribution >= 0.6 is 0 Å². The Kier molecular flexibility index (Phi) is 8.18. The predicted octanol–water partition coefficient (Wildman–Crippen LogP) is 6.06. The minimum Gasteiger partial charge on any atom is -0.491 e. The average molecular weight is 430 g/mol. The molecule has 166 valence electrons. The number of carbonyl (C=O) groups excluding carboxylic acids is 1. The summed E-state index contributed by atoms with van der Waals surface area (Å²) in [6.45, 7) is 2.51. The molecule has 1 aliphatic rings. The van der Waals surface area contributed by atoms with Crippen LogP contribution in [0.1, 0.15) is 54.4 Å². The van der Waals surface area contributed by atoms with Crippen molar-refractivity contribution in [3.8, 4) is 11.5 Å². The summed E-state index contributed by atoms with van der Waals surface area (Å²) >= 11 is 0. The third-order valence-electron chi connectivity index (χ3n) is 5.57. The van der Waals surface area contributed by atoms with Crippen LogP contribution in [0.15, 0.2) is 48.6 Å². The number of ether oxygens (including phenoxy) is 3. The molecule has 0 aromatic heterocycles. The third kappa shape index (κ3) is 5.91. The van der Waals surface area contributed by atoms with Crippen molar-refractivity contribution in [2.45, 2.75) is 38.5 Å². The highest BCUT2D eigenvalue weighted by molar-refractivity contribution is 5.91. The Balaban J connectivity index is 1.59. The first-order valence-corrected chi connectivity index (χ1v) is 10.6. The van der Waals surface area contributed by atoms with Crippen molar-refractivity contribution in [2.24, 2.45) is 5.92 Å². The van der Waals surface area contributed by atoms with Crippen LogP contribution in [0, 0.1) is 17.6 Å². The summed E-state index contributed by atoms with van der Waals surface area (Å²) in [6, 6.07) is 9.61. The van der Waals surface area contributed by atoms with Gasteiger partial charge in [-0.15, -0.1) is 0 Å². The van der Waals surface area contributed by atoms with Crippen molar-refractivity contribution in [3.05, 3.63) is 71.3 Å². The highest BCUT2D eigenvalue weighted by Gasteiger charge is 2.22. The fourth-order valence-electron chi connectivity index (χ4n) is 3.90. The van der Waals surface area contributed by atoms with E-state index in [0.717, 1.165) is 25.7 Å². The van der Waals surface area contributed by atoms with Crippen molar-refractivity contribution < 1.29 is 27.8 Å². The third-order valence-corrected chi connectivity index (χ3v) is 5.57. The lowest BCUT2D eigenvalue weighted by atomic mass is 9.78. The zero-order valence-corrected chi connectivity index (χ0v) is 17.9. The Hall–Kier alpha value is -2.73. The van der Waals surface area contributed by atoms with E-state index < -0.39 is 23.4 Å². The van der Waals surface area contributed by atoms with E-state index in [1.54, 1.807) is 26.2 Å². The van der Waals surface area contributed by atoms with Crippen molar-refractivity contribution in [3.63, 3.8) is 0 Å². The molecule has 1 aliphatic carbocycles. The van der Waals surface area contributed by atoms with Gasteiger partial charge in [0.2, 0.25) is 11.6 Å². The topological polar surface area (TPSA) is 44.8 Å². The summed E-state index contributed by atoms with van der Waals surface area (Å²) in [7, 11) is 1.69. The van der Waals surface area contributed by atoms with E-state index in [0.29, 0.717) is 18.4 Å². The summed E-state index contributed by atoms with van der Waals surface area (Å²) in [5.41, 5.74) is 1.46. The number of benzene rings is 2. The van der Waals surface area contributed by atoms with Gasteiger partial charge in [0.05, 0.1) is 18.8 Å². The van der Waals surface area contributed by atoms with Crippen LogP contribution in [0.2, 0.25) is 0 Å². The number of rotatable bonds is 8. The van der Waals surface area contributed by atoms with Gasteiger partial charge in [-0.25, -0.2) is 4.79 Å². The Bertz CT molecular complexity index is 900. The second kappa shape index (κ2) is 11.0. The standard InChI is InChI=1S/C25H28F2O4/c1-3-30-21-14-15-22(24(27)23(21)26)31-25(28)20-12-10-19(11-13-20)18-8-6-17(7-9-18)5-4-16-29-2/h4-5,10-15,17-18H,3,6-9,16H2,1-2H3/b5-4+/t17-,18-. The minimum atomic E-state index is -1.24. The Morgan fingerprint density at radius 1 is 1.00 bits per heavy atom. The monoisotopic (exact) mass is 430 g/mol. The number of carbonyl (C=O) groups is 1. The second-order valence-electron chi connectivity index (χ2n) is 7.63. The lowest BCUT2D eigenvalue weighted by Gasteiger charge is -2.27. The molecule has 31 heavy (non-hydrogen) atoms. The van der Waals surface area contributed by atoms with Crippen molar-refractivity contribution in [1.82, 2.24) is 0 Å². The van der Waals surface area contributed by atoms with Crippen molar-refractivity contribution in [2.75, 3.05) is 20.3 Å². The SMILES string of the molecule is CCOc1ccc(OC(=O)c2ccc([C@H]3CC[C@H](/C=C/COC)CC3)cc2)c(F)c1F. The van der Waals surface area contributed by atoms with Gasteiger partial charge < -0.3 is 14.2 Å². The van der Waals surface area contributed by atoms with Crippen LogP contribution in [-0.4, -0.2) is 26.3 Å². The molecule has 2 aromatic carbocycles. The van der Waals surface area contributed by atoms with Gasteiger partial charge in [-0.05, 0) is 74.3 Å². The Morgan fingerprint density at radius 2 is 1.65 bits per heavy atom. The first kappa shape index (κ1) is 22.9. The van der Waals surface area contributed by atoms with E-state index in [4.69, 9.17) is 14.2 Å². The maximum atomic E-state index is 14.2. The predicted molar refractivity (Wildman–Crippen MR) is 115 cm³/mol. The molecule has 4 nitrogen and oxygen atoms in total. The summed E-state index contributed by atoms with van der Waals surface area (Å²) in [4.78, 5) is 12.4. The van der Waals surface area contributed by atoms with Crippen LogP contribution in [0.5, 0.6) is 11.5 Å². The molecule has 0 spiro atoms. The molecule has 0 N–H and O–H groups in total. The molecule has 1 fully saturated rings. The molecular weight excluding hydrogens is 402 g/mol. The molecule has 0 saturated heterocycles. The van der Waals surface area contributed by atoms with Gasteiger partial charge in [0, 0.05) is 7.11 Å². The molecule has 0 radical (unpaired) electrons. The first-order valence-electron chi connectivity index (χ1n) is 10.6. The number of hydrogen-bond acceptors (Lipinski definition) is 4. The first-order chi connectivity index (χ1) is 15.0. The molecule has 1 saturated carbocycles. The van der Waals surface area contributed by atoms with Gasteiger partial charge in [-0.3, -0.25) is 0 Å². The highest BCUT2D eigenvalue weighted by Crippen LogP contribution is 2.36. The molecule has 0 atom stereocenters. The van der Waals surface area contributed by atoms with Gasteiger partial charge in [-0.1, -0.05) is 24.3 Å². The van der Waals surface area contributed by atoms with Gasteiger partial charge in [0.25, 0.3) is 0 Å². The van der Waals surface area contributed by atoms with Crippen LogP contribution < -0.4 is 9.47 Å². The summed E-state index contributed by atoms with van der Waals surface area (Å²) in [6.07, 6.45) is 8.73. The lowest BCUT2D eigenvalue weighted by molar-refractivity contribution is 0.0726. The zero-order valence-electron chi connectivity index (χ0n) is 17.9. The number of halogens is 2. The zero-order chi connectivity index (χ0) is 22.2. The number of esters is 1. The lowest BCUT2D eigenvalue weighted by Crippen LogP contribution is -2.13. The maximum Gasteiger partial charge on any atom is 0.343 e. The molecule has 6 heteroatoms. The Labute approximate surface area is 181 Å². The summed E-state index contributed by atoms with van der Waals surface area (Å²) in [5, 5.41) is 0. The van der Waals surface area contributed by atoms with E-state index in [1.165, 1.54) is 17.7 Å². The van der Waals surface area contributed by atoms with Crippen LogP contribution in [0.3, 0.4) is 0 Å². The molecule has 0 unspecified atom stereocenters. The van der Waals surface area contributed by atoms with Crippen LogP contribution in [0.4, 0.5) is 8.78 Å². The van der Waals surface area contributed by atoms with Gasteiger partial charge in [0.15, 0.2) is 11.5 Å². The van der Waals surface area contributed by atoms with Crippen molar-refractivity contribution >= 4 is 5.97 Å². The number of methoxy groups -OCH3 is 1. The molecular formula is C25H28F2O4. The molecule has 3 rings (SSSR count). The smallest absolute Gasteiger partial charge is 0.343 e. The quantitative estimate of drug-likeness (QED) is 0.290. The van der Waals surface area contributed by atoms with E-state index in [2.05, 4.69) is 12.2 Å². The van der Waals surface area contributed by atoms with Crippen LogP contribution in [0.25, 0.3) is 0 Å². The van der Waals surface area contributed by atoms with Gasteiger partial charge in [0.1, 0.15) is 0 Å². The molecule has 0 heterocycles. The fraction of sp³-hybridized carbons (Fsp3) is 0.400. The molecule has 0 aliphatic heterocycles. The van der Waals surface area contributed by atoms with E-state index >= 15 is 0 Å². The normalized spacial score (nSPS) is 18.8. The summed E-state index contributed by atoms with van der Waals surface area (Å²) in [5.74, 6) is -2.79. The minimum absolute atomic E-state index is 0.202. The van der Waals surface area contributed by atoms with Gasteiger partial charge >= 0.3 is 5.97 Å². The van der Waals surface area contributed by atoms with E-state index in [1.807, 2.05) is 12.1 Å². The number of allylic oxidation sites excluding steroid dienone is 1. The Morgan fingerprint density at radius 3 is 2.29 bits per heavy atom. The highest BCUT2D eigenvalue weighted by atomic mass is 19.2. The fourth-order valence-corrected chi connectivity index (χ4v) is 3.90. The number of hydrogen-bond donors (Lipinski definition) is 0. The summed E-state index contributed by atoms with van der Waals surface area (Å²) < 4.78 is 43.2. The van der Waals surface area contributed by atoms with E-state index in [9.17, 15) is 13.6 Å². The van der Waals surface area contributed by atoms with Crippen LogP contribution in [-0.2, 0) is 4.74 Å². The maximum absolute atomic E-state index is 14.2. The molecule has 2 aromatic rings.